The highest BCUT2D eigenvalue weighted by Crippen LogP contribution is 2.00. The van der Waals surface area contributed by atoms with Crippen molar-refractivity contribution in [1.82, 2.24) is 20.5 Å². The van der Waals surface area contributed by atoms with Crippen LogP contribution in [0.5, 0.6) is 0 Å². The summed E-state index contributed by atoms with van der Waals surface area (Å²) in [6.45, 7) is -0.268. The zero-order chi connectivity index (χ0) is 18.1. The van der Waals surface area contributed by atoms with Gasteiger partial charge in [-0.2, -0.15) is 0 Å². The minimum atomic E-state index is -0.526. The fourth-order valence-electron chi connectivity index (χ4n) is 1.74. The maximum Gasteiger partial charge on any atom is 0.338 e. The monoisotopic (exact) mass is 347 g/mol. The van der Waals surface area contributed by atoms with Gasteiger partial charge in [-0.25, -0.2) is 4.79 Å². The summed E-state index contributed by atoms with van der Waals surface area (Å²) in [7, 11) is 0. The summed E-state index contributed by atoms with van der Waals surface area (Å²) in [4.78, 5) is 37.0. The Labute approximate surface area is 142 Å². The van der Waals surface area contributed by atoms with Crippen LogP contribution in [0.4, 0.5) is 5.95 Å². The van der Waals surface area contributed by atoms with Crippen molar-refractivity contribution >= 4 is 17.8 Å². The predicted octanol–water partition coefficient (Wildman–Crippen LogP) is -0.763. The normalized spacial score (nSPS) is 10.2. The Morgan fingerprint density at radius 2 is 1.92 bits per heavy atom. The number of ether oxygens (including phenoxy) is 2. The van der Waals surface area contributed by atoms with Crippen molar-refractivity contribution in [3.63, 3.8) is 0 Å². The molecule has 2 aromatic rings. The summed E-state index contributed by atoms with van der Waals surface area (Å²) in [5.74, 6) is -1.02. The van der Waals surface area contributed by atoms with Gasteiger partial charge in [-0.1, -0.05) is 18.2 Å². The van der Waals surface area contributed by atoms with Crippen molar-refractivity contribution in [2.75, 3.05) is 25.6 Å². The number of hydrogen-bond acceptors (Lipinski definition) is 8. The molecule has 1 amide bonds. The van der Waals surface area contributed by atoms with Crippen molar-refractivity contribution in [1.29, 1.82) is 0 Å². The molecule has 0 aliphatic carbocycles. The molecule has 132 valence electrons. The molecule has 10 nitrogen and oxygen atoms in total. The van der Waals surface area contributed by atoms with Gasteiger partial charge in [-0.15, -0.1) is 10.2 Å². The third-order valence-corrected chi connectivity index (χ3v) is 2.94. The van der Waals surface area contributed by atoms with E-state index in [9.17, 15) is 14.4 Å². The highest BCUT2D eigenvalue weighted by molar-refractivity contribution is 5.89. The molecule has 4 N–H and O–H groups in total. The van der Waals surface area contributed by atoms with Gasteiger partial charge in [0.05, 0.1) is 18.7 Å². The molecule has 25 heavy (non-hydrogen) atoms. The Morgan fingerprint density at radius 1 is 1.16 bits per heavy atom. The van der Waals surface area contributed by atoms with Gasteiger partial charge >= 0.3 is 5.97 Å². The number of anilines is 1. The summed E-state index contributed by atoms with van der Waals surface area (Å²) < 4.78 is 10.1. The van der Waals surface area contributed by atoms with Gasteiger partial charge in [0.15, 0.2) is 0 Å². The molecule has 10 heteroatoms. The summed E-state index contributed by atoms with van der Waals surface area (Å²) in [5.41, 5.74) is 5.20. The Balaban J connectivity index is 1.61. The van der Waals surface area contributed by atoms with E-state index < -0.39 is 17.4 Å². The average molecular weight is 347 g/mol. The SMILES string of the molecule is Nc1nnc(CNC(=O)COCCOC(=O)c2ccccc2)c(=O)[nH]1. The first-order valence-corrected chi connectivity index (χ1v) is 7.34. The largest absolute Gasteiger partial charge is 0.460 e. The highest BCUT2D eigenvalue weighted by atomic mass is 16.6. The summed E-state index contributed by atoms with van der Waals surface area (Å²) in [6, 6.07) is 8.53. The summed E-state index contributed by atoms with van der Waals surface area (Å²) >= 11 is 0. The number of nitrogens with one attached hydrogen (secondary N) is 2. The molecular weight excluding hydrogens is 330 g/mol. The molecule has 0 saturated heterocycles. The molecule has 0 atom stereocenters. The van der Waals surface area contributed by atoms with Crippen molar-refractivity contribution < 1.29 is 19.1 Å². The quantitative estimate of drug-likeness (QED) is 0.416. The molecule has 0 aliphatic heterocycles. The molecule has 2 rings (SSSR count). The van der Waals surface area contributed by atoms with Crippen molar-refractivity contribution in [3.8, 4) is 0 Å². The van der Waals surface area contributed by atoms with Crippen molar-refractivity contribution in [2.45, 2.75) is 6.54 Å². The third kappa shape index (κ3) is 6.03. The zero-order valence-corrected chi connectivity index (χ0v) is 13.2. The molecule has 0 radical (unpaired) electrons. The van der Waals surface area contributed by atoms with Crippen molar-refractivity contribution in [2.24, 2.45) is 0 Å². The zero-order valence-electron chi connectivity index (χ0n) is 13.2. The molecule has 1 heterocycles. The Hall–Kier alpha value is -3.27. The number of aromatic nitrogens is 3. The third-order valence-electron chi connectivity index (χ3n) is 2.94. The average Bonchev–Trinajstić information content (AvgIpc) is 2.61. The van der Waals surface area contributed by atoms with Crippen LogP contribution < -0.4 is 16.6 Å². The first-order chi connectivity index (χ1) is 12.1. The number of rotatable bonds is 8. The lowest BCUT2D eigenvalue weighted by Gasteiger charge is -2.07. The fraction of sp³-hybridized carbons (Fsp3) is 0.267. The number of nitrogen functional groups attached to an aromatic ring is 1. The van der Waals surface area contributed by atoms with Gasteiger partial charge in [-0.3, -0.25) is 14.6 Å². The second kappa shape index (κ2) is 9.13. The number of hydrogen-bond donors (Lipinski definition) is 3. The van der Waals surface area contributed by atoms with Crippen LogP contribution in [-0.4, -0.2) is 46.9 Å². The number of nitrogens with zero attached hydrogens (tertiary/aromatic N) is 2. The van der Waals surface area contributed by atoms with E-state index in [0.29, 0.717) is 5.56 Å². The maximum atomic E-state index is 11.6. The Morgan fingerprint density at radius 3 is 2.64 bits per heavy atom. The fourth-order valence-corrected chi connectivity index (χ4v) is 1.74. The van der Waals surface area contributed by atoms with E-state index in [0.717, 1.165) is 0 Å². The molecule has 0 saturated carbocycles. The standard InChI is InChI=1S/C15H17N5O5/c16-15-18-13(22)11(19-20-15)8-17-12(21)9-24-6-7-25-14(23)10-4-2-1-3-5-10/h1-5H,6-9H2,(H,17,21)(H3,16,18,20,22). The number of H-pyrrole nitrogens is 1. The molecule has 1 aromatic heterocycles. The van der Waals surface area contributed by atoms with E-state index in [1.54, 1.807) is 30.3 Å². The lowest BCUT2D eigenvalue weighted by Crippen LogP contribution is -2.31. The van der Waals surface area contributed by atoms with Gasteiger partial charge < -0.3 is 20.5 Å². The Kier molecular flexibility index (Phi) is 6.60. The second-order valence-electron chi connectivity index (χ2n) is 4.82. The lowest BCUT2D eigenvalue weighted by molar-refractivity contribution is -0.126. The molecule has 1 aromatic carbocycles. The van der Waals surface area contributed by atoms with Crippen LogP contribution in [-0.2, 0) is 20.8 Å². The van der Waals surface area contributed by atoms with E-state index in [2.05, 4.69) is 20.5 Å². The highest BCUT2D eigenvalue weighted by Gasteiger charge is 2.08. The summed E-state index contributed by atoms with van der Waals surface area (Å²) in [5, 5.41) is 9.51. The molecule has 0 spiro atoms. The second-order valence-corrected chi connectivity index (χ2v) is 4.82. The van der Waals surface area contributed by atoms with Crippen LogP contribution in [0.15, 0.2) is 35.1 Å². The van der Waals surface area contributed by atoms with Gasteiger partial charge in [0, 0.05) is 0 Å². The van der Waals surface area contributed by atoms with Crippen LogP contribution in [0.1, 0.15) is 16.1 Å². The van der Waals surface area contributed by atoms with E-state index in [1.807, 2.05) is 0 Å². The first kappa shape index (κ1) is 18.1. The van der Waals surface area contributed by atoms with Crippen LogP contribution in [0.2, 0.25) is 0 Å². The number of amides is 1. The van der Waals surface area contributed by atoms with Gasteiger partial charge in [-0.05, 0) is 12.1 Å². The van der Waals surface area contributed by atoms with Gasteiger partial charge in [0.25, 0.3) is 5.56 Å². The van der Waals surface area contributed by atoms with Crippen LogP contribution >= 0.6 is 0 Å². The first-order valence-electron chi connectivity index (χ1n) is 7.34. The van der Waals surface area contributed by atoms with Crippen LogP contribution in [0, 0.1) is 0 Å². The number of aromatic amines is 1. The molecular formula is C15H17N5O5. The van der Waals surface area contributed by atoms with Gasteiger partial charge in [0.1, 0.15) is 18.9 Å². The number of carbonyl (C=O) groups excluding carboxylic acids is 2. The number of benzene rings is 1. The van der Waals surface area contributed by atoms with Crippen LogP contribution in [0.3, 0.4) is 0 Å². The number of carbonyl (C=O) groups is 2. The van der Waals surface area contributed by atoms with E-state index in [-0.39, 0.29) is 38.0 Å². The molecule has 0 bridgehead atoms. The minimum absolute atomic E-state index is 0.0180. The molecule has 0 unspecified atom stereocenters. The summed E-state index contributed by atoms with van der Waals surface area (Å²) in [6.07, 6.45) is 0. The Bertz CT molecular complexity index is 777. The van der Waals surface area contributed by atoms with Crippen LogP contribution in [0.25, 0.3) is 0 Å². The number of nitrogens with two attached hydrogens (primary N) is 1. The number of esters is 1. The van der Waals surface area contributed by atoms with Crippen molar-refractivity contribution in [3.05, 3.63) is 51.9 Å². The minimum Gasteiger partial charge on any atom is -0.460 e. The van der Waals surface area contributed by atoms with E-state index in [1.165, 1.54) is 0 Å². The van der Waals surface area contributed by atoms with Gasteiger partial charge in [0.2, 0.25) is 11.9 Å². The van der Waals surface area contributed by atoms with E-state index >= 15 is 0 Å². The molecule has 0 aliphatic rings. The van der Waals surface area contributed by atoms with E-state index in [4.69, 9.17) is 15.2 Å². The smallest absolute Gasteiger partial charge is 0.338 e. The predicted molar refractivity (Wildman–Crippen MR) is 86.5 cm³/mol. The maximum absolute atomic E-state index is 11.6. The molecule has 0 fully saturated rings. The lowest BCUT2D eigenvalue weighted by atomic mass is 10.2. The topological polar surface area (TPSA) is 149 Å².